The minimum absolute atomic E-state index is 0.551. The highest BCUT2D eigenvalue weighted by atomic mass is 35.5. The summed E-state index contributed by atoms with van der Waals surface area (Å²) >= 11 is 6.52. The van der Waals surface area contributed by atoms with Crippen molar-refractivity contribution in [1.82, 2.24) is 9.55 Å². The lowest BCUT2D eigenvalue weighted by atomic mass is 10.1. The number of rotatable bonds is 4. The van der Waals surface area contributed by atoms with Crippen LogP contribution in [0.25, 0.3) is 22.0 Å². The van der Waals surface area contributed by atoms with Gasteiger partial charge in [0.25, 0.3) is 0 Å². The number of ether oxygens (including phenoxy) is 1. The molecule has 0 radical (unpaired) electrons. The number of hydrogen-bond acceptors (Lipinski definition) is 2. The van der Waals surface area contributed by atoms with Crippen LogP contribution >= 0.6 is 11.6 Å². The van der Waals surface area contributed by atoms with Gasteiger partial charge in [0.15, 0.2) is 0 Å². The molecule has 2 aromatic heterocycles. The van der Waals surface area contributed by atoms with Crippen LogP contribution in [0.2, 0.25) is 5.15 Å². The van der Waals surface area contributed by atoms with E-state index < -0.39 is 0 Å². The quantitative estimate of drug-likeness (QED) is 0.344. The monoisotopic (exact) mass is 388 g/mol. The molecule has 0 atom stereocenters. The number of para-hydroxylation sites is 1. The molecule has 0 N–H and O–H groups in total. The van der Waals surface area contributed by atoms with Gasteiger partial charge >= 0.3 is 0 Å². The summed E-state index contributed by atoms with van der Waals surface area (Å²) in [5.74, 6) is 1.65. The van der Waals surface area contributed by atoms with E-state index in [0.29, 0.717) is 11.2 Å². The standard InChI is InChI=1S/C24H21ClN2O/c25-24-23-21(16-27(18-6-4-5-7-18)22(23)14-15-26-24)17-10-12-20(13-11-17)28-19-8-2-1-3-9-19/h1-3,8-16,18H,4-7H2. The fourth-order valence-corrected chi connectivity index (χ4v) is 4.45. The molecule has 5 rings (SSSR count). The largest absolute Gasteiger partial charge is 0.457 e. The zero-order valence-corrected chi connectivity index (χ0v) is 16.3. The second kappa shape index (κ2) is 7.33. The fraction of sp³-hybridized carbons (Fsp3) is 0.208. The second-order valence-electron chi connectivity index (χ2n) is 7.32. The Labute approximate surface area is 169 Å². The average Bonchev–Trinajstić information content (AvgIpc) is 3.38. The Morgan fingerprint density at radius 3 is 2.36 bits per heavy atom. The van der Waals surface area contributed by atoms with Crippen LogP contribution in [0.1, 0.15) is 31.7 Å². The van der Waals surface area contributed by atoms with Gasteiger partial charge < -0.3 is 9.30 Å². The van der Waals surface area contributed by atoms with Gasteiger partial charge in [0.1, 0.15) is 16.7 Å². The summed E-state index contributed by atoms with van der Waals surface area (Å²) in [5, 5.41) is 1.60. The van der Waals surface area contributed by atoms with Crippen molar-refractivity contribution in [3.05, 3.63) is 78.2 Å². The van der Waals surface area contributed by atoms with Gasteiger partial charge in [-0.2, -0.15) is 0 Å². The highest BCUT2D eigenvalue weighted by Gasteiger charge is 2.22. The van der Waals surface area contributed by atoms with Crippen molar-refractivity contribution in [2.24, 2.45) is 0 Å². The van der Waals surface area contributed by atoms with Gasteiger partial charge in [-0.3, -0.25) is 0 Å². The van der Waals surface area contributed by atoms with Gasteiger partial charge in [0.05, 0.1) is 5.52 Å². The summed E-state index contributed by atoms with van der Waals surface area (Å²) in [5.41, 5.74) is 3.43. The minimum Gasteiger partial charge on any atom is -0.457 e. The van der Waals surface area contributed by atoms with Gasteiger partial charge in [0.2, 0.25) is 0 Å². The molecule has 1 aliphatic rings. The highest BCUT2D eigenvalue weighted by Crippen LogP contribution is 2.40. The number of hydrogen-bond donors (Lipinski definition) is 0. The minimum atomic E-state index is 0.551. The van der Waals surface area contributed by atoms with E-state index in [1.54, 1.807) is 6.20 Å². The van der Waals surface area contributed by atoms with E-state index in [0.717, 1.165) is 28.0 Å². The molecule has 140 valence electrons. The normalized spacial score (nSPS) is 14.6. The molecule has 0 saturated heterocycles. The van der Waals surface area contributed by atoms with Gasteiger partial charge in [-0.1, -0.05) is 54.8 Å². The smallest absolute Gasteiger partial charge is 0.138 e. The Morgan fingerprint density at radius 1 is 0.893 bits per heavy atom. The van der Waals surface area contributed by atoms with E-state index in [1.165, 1.54) is 31.2 Å². The molecule has 1 aliphatic carbocycles. The molecule has 0 unspecified atom stereocenters. The second-order valence-corrected chi connectivity index (χ2v) is 7.68. The molecule has 28 heavy (non-hydrogen) atoms. The summed E-state index contributed by atoms with van der Waals surface area (Å²) in [4.78, 5) is 4.33. The summed E-state index contributed by atoms with van der Waals surface area (Å²) in [6.07, 6.45) is 9.10. The number of nitrogens with zero attached hydrogens (tertiary/aromatic N) is 2. The van der Waals surface area contributed by atoms with Crippen LogP contribution in [0, 0.1) is 0 Å². The number of halogens is 1. The molecule has 0 spiro atoms. The van der Waals surface area contributed by atoms with Crippen LogP contribution in [0.3, 0.4) is 0 Å². The van der Waals surface area contributed by atoms with Crippen molar-refractivity contribution in [2.75, 3.05) is 0 Å². The van der Waals surface area contributed by atoms with Crippen molar-refractivity contribution >= 4 is 22.5 Å². The third-order valence-electron chi connectivity index (χ3n) is 5.56. The van der Waals surface area contributed by atoms with Gasteiger partial charge in [-0.15, -0.1) is 0 Å². The zero-order chi connectivity index (χ0) is 18.9. The molecule has 2 heterocycles. The summed E-state index contributed by atoms with van der Waals surface area (Å²) in [7, 11) is 0. The Balaban J connectivity index is 1.53. The Hall–Kier alpha value is -2.78. The van der Waals surface area contributed by atoms with Crippen LogP contribution in [0.15, 0.2) is 73.1 Å². The average molecular weight is 389 g/mol. The number of pyridine rings is 1. The van der Waals surface area contributed by atoms with Crippen molar-refractivity contribution in [2.45, 2.75) is 31.7 Å². The molecule has 0 amide bonds. The Morgan fingerprint density at radius 2 is 1.61 bits per heavy atom. The zero-order valence-electron chi connectivity index (χ0n) is 15.5. The molecule has 4 aromatic rings. The van der Waals surface area contributed by atoms with E-state index >= 15 is 0 Å². The number of aromatic nitrogens is 2. The maximum Gasteiger partial charge on any atom is 0.138 e. The highest BCUT2D eigenvalue weighted by molar-refractivity contribution is 6.35. The first-order valence-corrected chi connectivity index (χ1v) is 10.2. The summed E-state index contributed by atoms with van der Waals surface area (Å²) in [6.45, 7) is 0. The molecule has 0 bridgehead atoms. The SMILES string of the molecule is Clc1nccc2c1c(-c1ccc(Oc3ccccc3)cc1)cn2C1CCCC1. The van der Waals surface area contributed by atoms with Crippen LogP contribution in [-0.4, -0.2) is 9.55 Å². The summed E-state index contributed by atoms with van der Waals surface area (Å²) in [6, 6.07) is 20.7. The van der Waals surface area contributed by atoms with Crippen molar-refractivity contribution in [1.29, 1.82) is 0 Å². The molecular weight excluding hydrogens is 368 g/mol. The Bertz CT molecular complexity index is 1100. The van der Waals surface area contributed by atoms with E-state index in [9.17, 15) is 0 Å². The maximum absolute atomic E-state index is 6.52. The first kappa shape index (κ1) is 17.3. The van der Waals surface area contributed by atoms with Crippen LogP contribution in [0.5, 0.6) is 11.5 Å². The predicted octanol–water partition coefficient (Wildman–Crippen LogP) is 7.26. The van der Waals surface area contributed by atoms with Crippen LogP contribution in [0.4, 0.5) is 0 Å². The fourth-order valence-electron chi connectivity index (χ4n) is 4.19. The first-order valence-electron chi connectivity index (χ1n) is 9.78. The first-order chi connectivity index (χ1) is 13.8. The van der Waals surface area contributed by atoms with E-state index in [2.05, 4.69) is 33.9 Å². The van der Waals surface area contributed by atoms with E-state index in [-0.39, 0.29) is 0 Å². The lowest BCUT2D eigenvalue weighted by molar-refractivity contribution is 0.483. The third-order valence-corrected chi connectivity index (χ3v) is 5.85. The topological polar surface area (TPSA) is 27.1 Å². The molecule has 4 heteroatoms. The van der Waals surface area contributed by atoms with Gasteiger partial charge in [-0.05, 0) is 48.7 Å². The molecule has 1 saturated carbocycles. The third kappa shape index (κ3) is 3.16. The van der Waals surface area contributed by atoms with E-state index in [4.69, 9.17) is 16.3 Å². The molecule has 0 aliphatic heterocycles. The lowest BCUT2D eigenvalue weighted by Crippen LogP contribution is -2.02. The Kier molecular flexibility index (Phi) is 4.53. The maximum atomic E-state index is 6.52. The number of fused-ring (bicyclic) bond motifs is 1. The van der Waals surface area contributed by atoms with Crippen LogP contribution in [-0.2, 0) is 0 Å². The number of benzene rings is 2. The van der Waals surface area contributed by atoms with Gasteiger partial charge in [0, 0.05) is 29.4 Å². The van der Waals surface area contributed by atoms with E-state index in [1.807, 2.05) is 42.5 Å². The van der Waals surface area contributed by atoms with Crippen molar-refractivity contribution < 1.29 is 4.74 Å². The molecule has 2 aromatic carbocycles. The molecule has 3 nitrogen and oxygen atoms in total. The predicted molar refractivity (Wildman–Crippen MR) is 114 cm³/mol. The van der Waals surface area contributed by atoms with Crippen molar-refractivity contribution in [3.63, 3.8) is 0 Å². The lowest BCUT2D eigenvalue weighted by Gasteiger charge is -2.13. The molecular formula is C24H21ClN2O. The van der Waals surface area contributed by atoms with Crippen molar-refractivity contribution in [3.8, 4) is 22.6 Å². The summed E-state index contributed by atoms with van der Waals surface area (Å²) < 4.78 is 8.33. The van der Waals surface area contributed by atoms with Gasteiger partial charge in [-0.25, -0.2) is 4.98 Å². The van der Waals surface area contributed by atoms with Crippen LogP contribution < -0.4 is 4.74 Å². The molecule has 1 fully saturated rings.